The first kappa shape index (κ1) is 9.01. The molecule has 0 saturated heterocycles. The topological polar surface area (TPSA) is 32.3 Å². The van der Waals surface area contributed by atoms with Crippen LogP contribution in [0.3, 0.4) is 0 Å². The molecular weight excluding hydrogens is 138 g/mol. The highest BCUT2D eigenvalue weighted by molar-refractivity contribution is 4.76. The van der Waals surface area contributed by atoms with E-state index in [1.54, 1.807) is 0 Å². The highest BCUT2D eigenvalue weighted by Crippen LogP contribution is 2.29. The number of hydrogen-bond acceptors (Lipinski definition) is 2. The van der Waals surface area contributed by atoms with Crippen LogP contribution in [0, 0.1) is 11.8 Å². The van der Waals surface area contributed by atoms with E-state index in [0.717, 1.165) is 19.0 Å². The van der Waals surface area contributed by atoms with Crippen LogP contribution in [0.1, 0.15) is 26.2 Å². The molecule has 66 valence electrons. The molecule has 1 aliphatic carbocycles. The van der Waals surface area contributed by atoms with Gasteiger partial charge in [0.1, 0.15) is 0 Å². The molecule has 1 saturated carbocycles. The van der Waals surface area contributed by atoms with Gasteiger partial charge in [-0.2, -0.15) is 0 Å². The second-order valence-electron chi connectivity index (χ2n) is 3.54. The van der Waals surface area contributed by atoms with Gasteiger partial charge >= 0.3 is 0 Å². The lowest BCUT2D eigenvalue weighted by Gasteiger charge is -2.09. The predicted molar refractivity (Wildman–Crippen MR) is 46.5 cm³/mol. The van der Waals surface area contributed by atoms with Crippen molar-refractivity contribution < 1.29 is 5.11 Å². The van der Waals surface area contributed by atoms with Gasteiger partial charge in [0.15, 0.2) is 0 Å². The van der Waals surface area contributed by atoms with Crippen LogP contribution in [-0.4, -0.2) is 24.8 Å². The fourth-order valence-electron chi connectivity index (χ4n) is 1.88. The van der Waals surface area contributed by atoms with Gasteiger partial charge in [-0.15, -0.1) is 0 Å². The first-order valence-corrected chi connectivity index (χ1v) is 4.68. The van der Waals surface area contributed by atoms with Gasteiger partial charge in [-0.1, -0.05) is 6.92 Å². The van der Waals surface area contributed by atoms with Crippen molar-refractivity contribution in [1.29, 1.82) is 0 Å². The molecule has 2 N–H and O–H groups in total. The van der Waals surface area contributed by atoms with Gasteiger partial charge in [0.2, 0.25) is 0 Å². The van der Waals surface area contributed by atoms with E-state index in [-0.39, 0.29) is 0 Å². The molecule has 0 heterocycles. The van der Waals surface area contributed by atoms with Gasteiger partial charge in [0.25, 0.3) is 0 Å². The van der Waals surface area contributed by atoms with Gasteiger partial charge in [0.05, 0.1) is 0 Å². The Bertz CT molecular complexity index is 106. The summed E-state index contributed by atoms with van der Waals surface area (Å²) in [5, 5.41) is 12.2. The standard InChI is InChI=1S/C9H19NO/c1-2-10-6-8-3-4-9(5-8)7-11/h8-11H,2-7H2,1H3. The van der Waals surface area contributed by atoms with E-state index < -0.39 is 0 Å². The Balaban J connectivity index is 2.09. The Labute approximate surface area is 69.0 Å². The number of aliphatic hydroxyl groups excluding tert-OH is 1. The normalized spacial score (nSPS) is 31.1. The number of rotatable bonds is 4. The second-order valence-corrected chi connectivity index (χ2v) is 3.54. The molecule has 0 bridgehead atoms. The molecule has 1 rings (SSSR count). The van der Waals surface area contributed by atoms with Crippen LogP contribution in [0.2, 0.25) is 0 Å². The zero-order chi connectivity index (χ0) is 8.10. The predicted octanol–water partition coefficient (Wildman–Crippen LogP) is 1.00. The molecule has 2 heteroatoms. The van der Waals surface area contributed by atoms with Crippen molar-refractivity contribution in [1.82, 2.24) is 5.32 Å². The van der Waals surface area contributed by atoms with Crippen LogP contribution < -0.4 is 5.32 Å². The first-order valence-electron chi connectivity index (χ1n) is 4.68. The lowest BCUT2D eigenvalue weighted by molar-refractivity contribution is 0.226. The molecular formula is C9H19NO. The summed E-state index contributed by atoms with van der Waals surface area (Å²) in [6, 6.07) is 0. The Morgan fingerprint density at radius 1 is 1.36 bits per heavy atom. The average molecular weight is 157 g/mol. The van der Waals surface area contributed by atoms with Crippen LogP contribution in [0.15, 0.2) is 0 Å². The second kappa shape index (κ2) is 4.73. The number of hydrogen-bond donors (Lipinski definition) is 2. The van der Waals surface area contributed by atoms with E-state index in [4.69, 9.17) is 5.11 Å². The maximum atomic E-state index is 8.89. The van der Waals surface area contributed by atoms with Crippen LogP contribution >= 0.6 is 0 Å². The summed E-state index contributed by atoms with van der Waals surface area (Å²) < 4.78 is 0. The van der Waals surface area contributed by atoms with Crippen molar-refractivity contribution >= 4 is 0 Å². The number of nitrogens with one attached hydrogen (secondary N) is 1. The van der Waals surface area contributed by atoms with E-state index in [9.17, 15) is 0 Å². The Morgan fingerprint density at radius 3 is 2.64 bits per heavy atom. The summed E-state index contributed by atoms with van der Waals surface area (Å²) in [7, 11) is 0. The summed E-state index contributed by atoms with van der Waals surface area (Å²) in [5.41, 5.74) is 0. The molecule has 1 fully saturated rings. The fraction of sp³-hybridized carbons (Fsp3) is 1.00. The van der Waals surface area contributed by atoms with Crippen molar-refractivity contribution in [2.45, 2.75) is 26.2 Å². The minimum absolute atomic E-state index is 0.391. The van der Waals surface area contributed by atoms with Crippen LogP contribution in [0.25, 0.3) is 0 Å². The number of aliphatic hydroxyl groups is 1. The van der Waals surface area contributed by atoms with Crippen LogP contribution in [-0.2, 0) is 0 Å². The molecule has 1 aliphatic rings. The average Bonchev–Trinajstić information content (AvgIpc) is 2.48. The molecule has 0 aromatic rings. The van der Waals surface area contributed by atoms with E-state index in [1.807, 2.05) is 0 Å². The Hall–Kier alpha value is -0.0800. The minimum atomic E-state index is 0.391. The summed E-state index contributed by atoms with van der Waals surface area (Å²) in [6.07, 6.45) is 3.76. The molecule has 0 radical (unpaired) electrons. The Kier molecular flexibility index (Phi) is 3.87. The molecule has 0 aromatic heterocycles. The SMILES string of the molecule is CCNCC1CCC(CO)C1. The third-order valence-corrected chi connectivity index (χ3v) is 2.59. The fourth-order valence-corrected chi connectivity index (χ4v) is 1.88. The van der Waals surface area contributed by atoms with Gasteiger partial charge in [-0.05, 0) is 44.2 Å². The quantitative estimate of drug-likeness (QED) is 0.638. The first-order chi connectivity index (χ1) is 5.36. The summed E-state index contributed by atoms with van der Waals surface area (Å²) in [6.45, 7) is 4.74. The molecule has 2 nitrogen and oxygen atoms in total. The van der Waals surface area contributed by atoms with Crippen molar-refractivity contribution in [2.75, 3.05) is 19.7 Å². The lowest BCUT2D eigenvalue weighted by atomic mass is 10.1. The van der Waals surface area contributed by atoms with Crippen LogP contribution in [0.5, 0.6) is 0 Å². The summed E-state index contributed by atoms with van der Waals surface area (Å²) in [5.74, 6) is 1.42. The zero-order valence-corrected chi connectivity index (χ0v) is 7.34. The van der Waals surface area contributed by atoms with Crippen LogP contribution in [0.4, 0.5) is 0 Å². The maximum Gasteiger partial charge on any atom is 0.0459 e. The smallest absolute Gasteiger partial charge is 0.0459 e. The van der Waals surface area contributed by atoms with Gasteiger partial charge in [0, 0.05) is 6.61 Å². The van der Waals surface area contributed by atoms with Crippen molar-refractivity contribution in [2.24, 2.45) is 11.8 Å². The minimum Gasteiger partial charge on any atom is -0.396 e. The summed E-state index contributed by atoms with van der Waals surface area (Å²) >= 11 is 0. The molecule has 0 spiro atoms. The third-order valence-electron chi connectivity index (χ3n) is 2.59. The van der Waals surface area contributed by atoms with E-state index >= 15 is 0 Å². The van der Waals surface area contributed by atoms with Gasteiger partial charge in [-0.25, -0.2) is 0 Å². The largest absolute Gasteiger partial charge is 0.396 e. The molecule has 2 unspecified atom stereocenters. The van der Waals surface area contributed by atoms with Crippen molar-refractivity contribution in [3.8, 4) is 0 Å². The van der Waals surface area contributed by atoms with E-state index in [1.165, 1.54) is 19.3 Å². The van der Waals surface area contributed by atoms with Gasteiger partial charge < -0.3 is 10.4 Å². The molecule has 0 aliphatic heterocycles. The highest BCUT2D eigenvalue weighted by Gasteiger charge is 2.22. The van der Waals surface area contributed by atoms with E-state index in [2.05, 4.69) is 12.2 Å². The Morgan fingerprint density at radius 2 is 2.09 bits per heavy atom. The molecule has 11 heavy (non-hydrogen) atoms. The summed E-state index contributed by atoms with van der Waals surface area (Å²) in [4.78, 5) is 0. The zero-order valence-electron chi connectivity index (χ0n) is 7.34. The maximum absolute atomic E-state index is 8.89. The molecule has 0 amide bonds. The molecule has 0 aromatic carbocycles. The van der Waals surface area contributed by atoms with Crippen molar-refractivity contribution in [3.05, 3.63) is 0 Å². The van der Waals surface area contributed by atoms with E-state index in [0.29, 0.717) is 12.5 Å². The van der Waals surface area contributed by atoms with Crippen molar-refractivity contribution in [3.63, 3.8) is 0 Å². The lowest BCUT2D eigenvalue weighted by Crippen LogP contribution is -2.20. The third kappa shape index (κ3) is 2.80. The monoisotopic (exact) mass is 157 g/mol. The molecule has 2 atom stereocenters. The van der Waals surface area contributed by atoms with Gasteiger partial charge in [-0.3, -0.25) is 0 Å². The highest BCUT2D eigenvalue weighted by atomic mass is 16.3.